The molecular weight excluding hydrogens is 279 g/mol. The maximum Gasteiger partial charge on any atom is 0.433 e. The molecule has 1 heterocycles. The number of nitrogens with two attached hydrogens (primary N) is 1. The second-order valence-electron chi connectivity index (χ2n) is 4.88. The predicted molar refractivity (Wildman–Crippen MR) is 76.9 cm³/mol. The minimum Gasteiger partial charge on any atom is -0.396 e. The van der Waals surface area contributed by atoms with Crippen LogP contribution in [0.5, 0.6) is 0 Å². The molecule has 1 unspecified atom stereocenters. The Labute approximate surface area is 121 Å². The summed E-state index contributed by atoms with van der Waals surface area (Å²) >= 11 is 0. The van der Waals surface area contributed by atoms with Gasteiger partial charge in [0.25, 0.3) is 0 Å². The number of nitrogen functional groups attached to an aromatic ring is 1. The molecule has 0 saturated carbocycles. The Hall–Kier alpha value is -2.24. The molecule has 21 heavy (non-hydrogen) atoms. The van der Waals surface area contributed by atoms with E-state index in [1.165, 1.54) is 0 Å². The van der Waals surface area contributed by atoms with Crippen LogP contribution < -0.4 is 11.1 Å². The highest BCUT2D eigenvalue weighted by Gasteiger charge is 2.33. The lowest BCUT2D eigenvalue weighted by Crippen LogP contribution is -2.13. The average molecular weight is 295 g/mol. The van der Waals surface area contributed by atoms with E-state index in [2.05, 4.69) is 10.3 Å². The molecule has 0 saturated heterocycles. The molecule has 1 atom stereocenters. The van der Waals surface area contributed by atoms with Gasteiger partial charge >= 0.3 is 6.18 Å². The highest BCUT2D eigenvalue weighted by atomic mass is 19.4. The standard InChI is InChI=1S/C15H16F3N3/c1-9-5-3-4-6-11(9)10(2)21-13-7-14(15(16,17)18)20-8-12(13)19/h3-8,10H,19H2,1-2H3,(H,20,21). The number of aromatic nitrogens is 1. The number of nitrogens with one attached hydrogen (secondary N) is 1. The first kappa shape index (κ1) is 15.2. The van der Waals surface area contributed by atoms with Crippen molar-refractivity contribution in [3.05, 3.63) is 53.3 Å². The summed E-state index contributed by atoms with van der Waals surface area (Å²) < 4.78 is 38.1. The molecule has 0 aliphatic heterocycles. The summed E-state index contributed by atoms with van der Waals surface area (Å²) in [6.45, 7) is 3.82. The lowest BCUT2D eigenvalue weighted by molar-refractivity contribution is -0.141. The smallest absolute Gasteiger partial charge is 0.396 e. The Kier molecular flexibility index (Phi) is 4.06. The van der Waals surface area contributed by atoms with Crippen molar-refractivity contribution in [3.8, 4) is 0 Å². The molecule has 0 aliphatic rings. The molecule has 1 aromatic carbocycles. The van der Waals surface area contributed by atoms with Crippen LogP contribution in [0.2, 0.25) is 0 Å². The third kappa shape index (κ3) is 3.45. The molecule has 3 nitrogen and oxygen atoms in total. The molecule has 3 N–H and O–H groups in total. The zero-order valence-corrected chi connectivity index (χ0v) is 11.7. The fraction of sp³-hybridized carbons (Fsp3) is 0.267. The van der Waals surface area contributed by atoms with Gasteiger partial charge in [-0.1, -0.05) is 24.3 Å². The van der Waals surface area contributed by atoms with Gasteiger partial charge in [-0.3, -0.25) is 0 Å². The molecular formula is C15H16F3N3. The Balaban J connectivity index is 2.29. The van der Waals surface area contributed by atoms with E-state index in [0.717, 1.165) is 23.4 Å². The summed E-state index contributed by atoms with van der Waals surface area (Å²) in [5.41, 5.74) is 7.22. The number of benzene rings is 1. The number of pyridine rings is 1. The van der Waals surface area contributed by atoms with Crippen LogP contribution in [0.15, 0.2) is 36.5 Å². The molecule has 6 heteroatoms. The SMILES string of the molecule is Cc1ccccc1C(C)Nc1cc(C(F)(F)F)ncc1N. The Morgan fingerprint density at radius 1 is 1.24 bits per heavy atom. The third-order valence-electron chi connectivity index (χ3n) is 3.25. The van der Waals surface area contributed by atoms with Crippen LogP contribution in [0.3, 0.4) is 0 Å². The summed E-state index contributed by atoms with van der Waals surface area (Å²) in [7, 11) is 0. The maximum absolute atomic E-state index is 12.7. The number of hydrogen-bond acceptors (Lipinski definition) is 3. The number of anilines is 2. The topological polar surface area (TPSA) is 50.9 Å². The Bertz CT molecular complexity index is 638. The zero-order valence-electron chi connectivity index (χ0n) is 11.7. The van der Waals surface area contributed by atoms with Crippen molar-refractivity contribution in [2.45, 2.75) is 26.1 Å². The molecule has 112 valence electrons. The molecule has 0 aliphatic carbocycles. The van der Waals surface area contributed by atoms with Crippen LogP contribution in [-0.2, 0) is 6.18 Å². The molecule has 0 spiro atoms. The van der Waals surface area contributed by atoms with Gasteiger partial charge in [0.2, 0.25) is 0 Å². The van der Waals surface area contributed by atoms with Gasteiger partial charge in [-0.05, 0) is 31.0 Å². The van der Waals surface area contributed by atoms with E-state index in [1.807, 2.05) is 38.1 Å². The van der Waals surface area contributed by atoms with Crippen LogP contribution in [0.4, 0.5) is 24.5 Å². The summed E-state index contributed by atoms with van der Waals surface area (Å²) in [6.07, 6.45) is -3.47. The van der Waals surface area contributed by atoms with Crippen LogP contribution in [-0.4, -0.2) is 4.98 Å². The molecule has 0 amide bonds. The fourth-order valence-electron chi connectivity index (χ4n) is 2.13. The number of rotatable bonds is 3. The minimum absolute atomic E-state index is 0.169. The van der Waals surface area contributed by atoms with Crippen molar-refractivity contribution < 1.29 is 13.2 Å². The van der Waals surface area contributed by atoms with Crippen LogP contribution >= 0.6 is 0 Å². The molecule has 2 rings (SSSR count). The predicted octanol–water partition coefficient (Wildman–Crippen LogP) is 4.16. The Morgan fingerprint density at radius 2 is 1.90 bits per heavy atom. The first-order chi connectivity index (χ1) is 9.79. The normalized spacial score (nSPS) is 13.0. The lowest BCUT2D eigenvalue weighted by atomic mass is 10.0. The first-order valence-corrected chi connectivity index (χ1v) is 6.44. The largest absolute Gasteiger partial charge is 0.433 e. The van der Waals surface area contributed by atoms with Gasteiger partial charge in [-0.2, -0.15) is 13.2 Å². The molecule has 2 aromatic rings. The fourth-order valence-corrected chi connectivity index (χ4v) is 2.13. The molecule has 0 bridgehead atoms. The Morgan fingerprint density at radius 3 is 2.52 bits per heavy atom. The lowest BCUT2D eigenvalue weighted by Gasteiger charge is -2.19. The van der Waals surface area contributed by atoms with Gasteiger partial charge in [0.1, 0.15) is 5.69 Å². The molecule has 0 radical (unpaired) electrons. The van der Waals surface area contributed by atoms with Gasteiger partial charge in [0.05, 0.1) is 17.6 Å². The quantitative estimate of drug-likeness (QED) is 0.893. The van der Waals surface area contributed by atoms with E-state index in [9.17, 15) is 13.2 Å². The monoisotopic (exact) mass is 295 g/mol. The first-order valence-electron chi connectivity index (χ1n) is 6.44. The van der Waals surface area contributed by atoms with E-state index < -0.39 is 11.9 Å². The summed E-state index contributed by atoms with van der Waals surface area (Å²) in [5, 5.41) is 3.01. The summed E-state index contributed by atoms with van der Waals surface area (Å²) in [6, 6.07) is 8.44. The van der Waals surface area contributed by atoms with E-state index in [-0.39, 0.29) is 17.4 Å². The van der Waals surface area contributed by atoms with Crippen molar-refractivity contribution in [1.29, 1.82) is 0 Å². The number of nitrogens with zero attached hydrogens (tertiary/aromatic N) is 1. The number of halogens is 3. The van der Waals surface area contributed by atoms with Crippen LogP contribution in [0.1, 0.15) is 29.8 Å². The molecule has 0 fully saturated rings. The summed E-state index contributed by atoms with van der Waals surface area (Å²) in [4.78, 5) is 3.32. The van der Waals surface area contributed by atoms with E-state index in [0.29, 0.717) is 0 Å². The van der Waals surface area contributed by atoms with Crippen LogP contribution in [0.25, 0.3) is 0 Å². The number of alkyl halides is 3. The van der Waals surface area contributed by atoms with Crippen molar-refractivity contribution in [2.75, 3.05) is 11.1 Å². The van der Waals surface area contributed by atoms with Gasteiger partial charge in [-0.25, -0.2) is 4.98 Å². The second kappa shape index (κ2) is 5.63. The van der Waals surface area contributed by atoms with Crippen molar-refractivity contribution in [2.24, 2.45) is 0 Å². The molecule has 1 aromatic heterocycles. The average Bonchev–Trinajstić information content (AvgIpc) is 2.40. The van der Waals surface area contributed by atoms with E-state index >= 15 is 0 Å². The van der Waals surface area contributed by atoms with Gasteiger partial charge in [0, 0.05) is 6.04 Å². The van der Waals surface area contributed by atoms with E-state index in [1.54, 1.807) is 0 Å². The van der Waals surface area contributed by atoms with Crippen molar-refractivity contribution in [1.82, 2.24) is 4.98 Å². The number of aryl methyl sites for hydroxylation is 1. The van der Waals surface area contributed by atoms with Crippen molar-refractivity contribution in [3.63, 3.8) is 0 Å². The summed E-state index contributed by atoms with van der Waals surface area (Å²) in [5.74, 6) is 0. The van der Waals surface area contributed by atoms with Gasteiger partial charge < -0.3 is 11.1 Å². The van der Waals surface area contributed by atoms with Gasteiger partial charge in [-0.15, -0.1) is 0 Å². The van der Waals surface area contributed by atoms with E-state index in [4.69, 9.17) is 5.73 Å². The highest BCUT2D eigenvalue weighted by molar-refractivity contribution is 5.66. The van der Waals surface area contributed by atoms with Crippen molar-refractivity contribution >= 4 is 11.4 Å². The van der Waals surface area contributed by atoms with Gasteiger partial charge in [0.15, 0.2) is 0 Å². The maximum atomic E-state index is 12.7. The minimum atomic E-state index is -4.49. The zero-order chi connectivity index (χ0) is 15.6. The third-order valence-corrected chi connectivity index (χ3v) is 3.25. The second-order valence-corrected chi connectivity index (χ2v) is 4.88. The number of hydrogen-bond donors (Lipinski definition) is 2. The highest BCUT2D eigenvalue weighted by Crippen LogP contribution is 2.32. The van der Waals surface area contributed by atoms with Crippen LogP contribution in [0, 0.1) is 6.92 Å².